The Bertz CT molecular complexity index is 404. The number of ether oxygens (including phenoxy) is 1. The molecule has 0 saturated heterocycles. The number of carbonyl (C=O) groups is 1. The molecule has 0 heterocycles. The summed E-state index contributed by atoms with van der Waals surface area (Å²) in [5.41, 5.74) is 0.273. The van der Waals surface area contributed by atoms with Crippen molar-refractivity contribution in [1.29, 1.82) is 0 Å². The maximum Gasteiger partial charge on any atom is 0.333 e. The molecule has 0 aromatic heterocycles. The fourth-order valence-electron chi connectivity index (χ4n) is 1.17. The molecule has 8 heteroatoms. The number of nitrogens with zero attached hydrogens (tertiary/aromatic N) is 2. The highest BCUT2D eigenvalue weighted by Gasteiger charge is 2.07. The molecule has 0 saturated carbocycles. The van der Waals surface area contributed by atoms with Crippen molar-refractivity contribution in [2.45, 2.75) is 38.7 Å². The molecule has 8 nitrogen and oxygen atoms in total. The van der Waals surface area contributed by atoms with Crippen LogP contribution in [0.4, 0.5) is 0 Å². The lowest BCUT2D eigenvalue weighted by Crippen LogP contribution is -2.22. The lowest BCUT2D eigenvalue weighted by molar-refractivity contribution is -0.142. The minimum absolute atomic E-state index is 0.192. The second-order valence-corrected chi connectivity index (χ2v) is 4.58. The van der Waals surface area contributed by atoms with E-state index in [9.17, 15) is 14.4 Å². The Labute approximate surface area is 135 Å². The standard InChI is InChI=1S/C8H12N2O2.C7H12O4/c11-7-9-5-3-1-2-4-6-10-8-12;1-5(2)7(10)11-4-6(9)3-8/h1-6H2;6,8-9H,1,3-4H2,2H3. The number of hydrogen-bond acceptors (Lipinski definition) is 8. The van der Waals surface area contributed by atoms with Gasteiger partial charge in [0.1, 0.15) is 12.7 Å². The molecule has 0 fully saturated rings. The number of isocyanates is 2. The van der Waals surface area contributed by atoms with Gasteiger partial charge in [-0.1, -0.05) is 19.4 Å². The summed E-state index contributed by atoms with van der Waals surface area (Å²) in [6.45, 7) is 5.35. The average Bonchev–Trinajstić information content (AvgIpc) is 2.55. The van der Waals surface area contributed by atoms with Crippen molar-refractivity contribution >= 4 is 18.1 Å². The molecule has 130 valence electrons. The van der Waals surface area contributed by atoms with E-state index in [2.05, 4.69) is 21.3 Å². The van der Waals surface area contributed by atoms with Gasteiger partial charge in [0, 0.05) is 5.57 Å². The fraction of sp³-hybridized carbons (Fsp3) is 0.667. The maximum absolute atomic E-state index is 10.6. The van der Waals surface area contributed by atoms with Crippen LogP contribution in [0.2, 0.25) is 0 Å². The van der Waals surface area contributed by atoms with E-state index in [1.54, 1.807) is 0 Å². The Morgan fingerprint density at radius 1 is 1.13 bits per heavy atom. The van der Waals surface area contributed by atoms with Crippen molar-refractivity contribution in [2.24, 2.45) is 9.98 Å². The Kier molecular flexibility index (Phi) is 18.1. The van der Waals surface area contributed by atoms with Gasteiger partial charge in [0.15, 0.2) is 0 Å². The number of aliphatic hydroxyl groups is 2. The summed E-state index contributed by atoms with van der Waals surface area (Å²) < 4.78 is 4.51. The Balaban J connectivity index is 0. The average molecular weight is 328 g/mol. The van der Waals surface area contributed by atoms with E-state index in [0.29, 0.717) is 13.1 Å². The van der Waals surface area contributed by atoms with E-state index >= 15 is 0 Å². The summed E-state index contributed by atoms with van der Waals surface area (Å²) in [5.74, 6) is -0.558. The molecule has 0 aliphatic heterocycles. The Hall–Kier alpha value is -2.11. The number of aliphatic hydroxyl groups excluding tert-OH is 2. The van der Waals surface area contributed by atoms with Gasteiger partial charge in [0.25, 0.3) is 0 Å². The van der Waals surface area contributed by atoms with Crippen LogP contribution in [0.5, 0.6) is 0 Å². The third-order valence-corrected chi connectivity index (χ3v) is 2.38. The molecule has 0 aromatic rings. The quantitative estimate of drug-likeness (QED) is 0.189. The Morgan fingerprint density at radius 3 is 1.96 bits per heavy atom. The summed E-state index contributed by atoms with van der Waals surface area (Å²) in [7, 11) is 0. The van der Waals surface area contributed by atoms with E-state index in [-0.39, 0.29) is 12.2 Å². The summed E-state index contributed by atoms with van der Waals surface area (Å²) in [6.07, 6.45) is 5.80. The van der Waals surface area contributed by atoms with Gasteiger partial charge in [-0.05, 0) is 19.8 Å². The van der Waals surface area contributed by atoms with Gasteiger partial charge in [0.05, 0.1) is 19.7 Å². The third kappa shape index (κ3) is 19.9. The molecule has 1 atom stereocenters. The minimum atomic E-state index is -1.00. The van der Waals surface area contributed by atoms with Crippen molar-refractivity contribution in [3.63, 3.8) is 0 Å². The van der Waals surface area contributed by atoms with Crippen LogP contribution in [0, 0.1) is 0 Å². The highest BCUT2D eigenvalue weighted by Crippen LogP contribution is 1.99. The van der Waals surface area contributed by atoms with Crippen molar-refractivity contribution in [2.75, 3.05) is 26.3 Å². The number of rotatable bonds is 11. The SMILES string of the molecule is C=C(C)C(=O)OCC(O)CO.O=C=NCCCCCCN=C=O. The summed E-state index contributed by atoms with van der Waals surface area (Å²) >= 11 is 0. The van der Waals surface area contributed by atoms with Gasteiger partial charge in [-0.3, -0.25) is 0 Å². The first-order valence-electron chi connectivity index (χ1n) is 7.18. The first kappa shape index (κ1) is 23.2. The zero-order valence-corrected chi connectivity index (χ0v) is 13.4. The molecule has 0 radical (unpaired) electrons. The molecular weight excluding hydrogens is 304 g/mol. The van der Waals surface area contributed by atoms with Crippen LogP contribution in [0.1, 0.15) is 32.6 Å². The highest BCUT2D eigenvalue weighted by atomic mass is 16.5. The largest absolute Gasteiger partial charge is 0.460 e. The predicted molar refractivity (Wildman–Crippen MR) is 83.3 cm³/mol. The second kappa shape index (κ2) is 17.9. The topological polar surface area (TPSA) is 126 Å². The van der Waals surface area contributed by atoms with Crippen molar-refractivity contribution in [1.82, 2.24) is 0 Å². The lowest BCUT2D eigenvalue weighted by atomic mass is 10.2. The third-order valence-electron chi connectivity index (χ3n) is 2.38. The first-order chi connectivity index (χ1) is 11.0. The van der Waals surface area contributed by atoms with Crippen LogP contribution in [0.3, 0.4) is 0 Å². The molecule has 0 amide bonds. The van der Waals surface area contributed by atoms with Crippen LogP contribution < -0.4 is 0 Å². The van der Waals surface area contributed by atoms with Gasteiger partial charge >= 0.3 is 5.97 Å². The molecule has 23 heavy (non-hydrogen) atoms. The van der Waals surface area contributed by atoms with Gasteiger partial charge in [0.2, 0.25) is 12.2 Å². The van der Waals surface area contributed by atoms with E-state index in [4.69, 9.17) is 10.2 Å². The van der Waals surface area contributed by atoms with Gasteiger partial charge < -0.3 is 14.9 Å². The molecule has 0 bridgehead atoms. The van der Waals surface area contributed by atoms with Crippen LogP contribution in [0.25, 0.3) is 0 Å². The van der Waals surface area contributed by atoms with Gasteiger partial charge in [-0.25, -0.2) is 24.4 Å². The zero-order chi connectivity index (χ0) is 17.9. The van der Waals surface area contributed by atoms with E-state index in [1.165, 1.54) is 19.1 Å². The molecule has 1 unspecified atom stereocenters. The monoisotopic (exact) mass is 328 g/mol. The smallest absolute Gasteiger partial charge is 0.333 e. The molecule has 0 aliphatic rings. The summed E-state index contributed by atoms with van der Waals surface area (Å²) in [6, 6.07) is 0. The number of esters is 1. The van der Waals surface area contributed by atoms with Gasteiger partial charge in [-0.15, -0.1) is 0 Å². The van der Waals surface area contributed by atoms with Crippen LogP contribution in [-0.4, -0.2) is 60.7 Å². The van der Waals surface area contributed by atoms with Crippen molar-refractivity contribution in [3.05, 3.63) is 12.2 Å². The minimum Gasteiger partial charge on any atom is -0.460 e. The van der Waals surface area contributed by atoms with E-state index in [0.717, 1.165) is 25.7 Å². The molecule has 0 aromatic carbocycles. The highest BCUT2D eigenvalue weighted by molar-refractivity contribution is 5.86. The summed E-state index contributed by atoms with van der Waals surface area (Å²) in [5, 5.41) is 17.1. The Morgan fingerprint density at radius 2 is 1.61 bits per heavy atom. The van der Waals surface area contributed by atoms with Crippen LogP contribution in [-0.2, 0) is 19.1 Å². The number of hydrogen-bond donors (Lipinski definition) is 2. The van der Waals surface area contributed by atoms with Crippen molar-refractivity contribution in [3.8, 4) is 0 Å². The molecule has 0 aliphatic carbocycles. The zero-order valence-electron chi connectivity index (χ0n) is 13.4. The van der Waals surface area contributed by atoms with Crippen molar-refractivity contribution < 1.29 is 29.3 Å². The predicted octanol–water partition coefficient (Wildman–Crippen LogP) is 0.677. The van der Waals surface area contributed by atoms with E-state index < -0.39 is 18.7 Å². The second-order valence-electron chi connectivity index (χ2n) is 4.58. The number of unbranched alkanes of at least 4 members (excludes halogenated alkanes) is 3. The molecule has 0 rings (SSSR count). The van der Waals surface area contributed by atoms with Crippen LogP contribution >= 0.6 is 0 Å². The maximum atomic E-state index is 10.6. The molecular formula is C15H24N2O6. The normalized spacial score (nSPS) is 10.2. The van der Waals surface area contributed by atoms with Crippen LogP contribution in [0.15, 0.2) is 22.1 Å². The van der Waals surface area contributed by atoms with E-state index in [1.807, 2.05) is 0 Å². The molecule has 0 spiro atoms. The fourth-order valence-corrected chi connectivity index (χ4v) is 1.17. The first-order valence-corrected chi connectivity index (χ1v) is 7.18. The number of aliphatic imine (C=N–C) groups is 2. The van der Waals surface area contributed by atoms with Gasteiger partial charge in [-0.2, -0.15) is 0 Å². The molecule has 2 N–H and O–H groups in total. The number of carbonyl (C=O) groups excluding carboxylic acids is 3. The summed E-state index contributed by atoms with van der Waals surface area (Å²) in [4.78, 5) is 36.7. The lowest BCUT2D eigenvalue weighted by Gasteiger charge is -2.07.